The van der Waals surface area contributed by atoms with Crippen molar-refractivity contribution < 1.29 is 4.74 Å². The first kappa shape index (κ1) is 14.2. The van der Waals surface area contributed by atoms with Crippen LogP contribution in [0.5, 0.6) is 5.75 Å². The Kier molecular flexibility index (Phi) is 4.70. The highest BCUT2D eigenvalue weighted by atomic mass is 35.5. The lowest BCUT2D eigenvalue weighted by molar-refractivity contribution is 0.214. The molecule has 0 bridgehead atoms. The van der Waals surface area contributed by atoms with Crippen LogP contribution in [0.4, 0.5) is 0 Å². The van der Waals surface area contributed by atoms with Gasteiger partial charge in [-0.15, -0.1) is 0 Å². The summed E-state index contributed by atoms with van der Waals surface area (Å²) in [5, 5.41) is 1.11. The molecule has 0 radical (unpaired) electrons. The number of halogens is 2. The third kappa shape index (κ3) is 3.63. The summed E-state index contributed by atoms with van der Waals surface area (Å²) >= 11 is 12.0. The van der Waals surface area contributed by atoms with E-state index in [0.717, 1.165) is 5.56 Å². The number of ether oxygens (including phenoxy) is 1. The van der Waals surface area contributed by atoms with Crippen molar-refractivity contribution in [2.45, 2.75) is 13.0 Å². The summed E-state index contributed by atoms with van der Waals surface area (Å²) in [4.78, 5) is 0. The standard InChI is InChI=1S/C15H15Cl2NO/c1-10-2-4-11(5-3-10)15(9-18)19-14-8-12(16)6-7-13(14)17/h2-8,15H,9,18H2,1H3. The Morgan fingerprint density at radius 3 is 2.42 bits per heavy atom. The average molecular weight is 296 g/mol. The molecule has 0 aliphatic heterocycles. The minimum Gasteiger partial charge on any atom is -0.483 e. The van der Waals surface area contributed by atoms with Gasteiger partial charge < -0.3 is 10.5 Å². The predicted octanol–water partition coefficient (Wildman–Crippen LogP) is 4.38. The molecule has 100 valence electrons. The molecular formula is C15H15Cl2NO. The quantitative estimate of drug-likeness (QED) is 0.908. The van der Waals surface area contributed by atoms with E-state index in [1.165, 1.54) is 5.56 Å². The van der Waals surface area contributed by atoms with Crippen LogP contribution >= 0.6 is 23.2 Å². The van der Waals surface area contributed by atoms with Crippen molar-refractivity contribution in [3.05, 3.63) is 63.6 Å². The van der Waals surface area contributed by atoms with Gasteiger partial charge in [0.15, 0.2) is 0 Å². The zero-order valence-electron chi connectivity index (χ0n) is 10.6. The average Bonchev–Trinajstić information content (AvgIpc) is 2.41. The van der Waals surface area contributed by atoms with E-state index in [1.807, 2.05) is 31.2 Å². The second-order valence-corrected chi connectivity index (χ2v) is 5.17. The van der Waals surface area contributed by atoms with Gasteiger partial charge in [-0.3, -0.25) is 0 Å². The summed E-state index contributed by atoms with van der Waals surface area (Å²) in [6.07, 6.45) is -0.239. The zero-order valence-corrected chi connectivity index (χ0v) is 12.1. The Labute approximate surface area is 123 Å². The van der Waals surface area contributed by atoms with Gasteiger partial charge in [-0.2, -0.15) is 0 Å². The van der Waals surface area contributed by atoms with Crippen LogP contribution in [0.1, 0.15) is 17.2 Å². The molecule has 0 saturated heterocycles. The molecule has 0 aliphatic carbocycles. The molecule has 2 nitrogen and oxygen atoms in total. The Morgan fingerprint density at radius 2 is 1.79 bits per heavy atom. The fraction of sp³-hybridized carbons (Fsp3) is 0.200. The van der Waals surface area contributed by atoms with E-state index in [2.05, 4.69) is 0 Å². The summed E-state index contributed by atoms with van der Waals surface area (Å²) < 4.78 is 5.86. The van der Waals surface area contributed by atoms with Crippen LogP contribution in [-0.2, 0) is 0 Å². The molecule has 0 spiro atoms. The lowest BCUT2D eigenvalue weighted by Crippen LogP contribution is -2.18. The Morgan fingerprint density at radius 1 is 1.11 bits per heavy atom. The maximum atomic E-state index is 6.09. The van der Waals surface area contributed by atoms with Gasteiger partial charge in [-0.05, 0) is 24.6 Å². The van der Waals surface area contributed by atoms with E-state index in [1.54, 1.807) is 18.2 Å². The normalized spacial score (nSPS) is 12.2. The van der Waals surface area contributed by atoms with Crippen molar-refractivity contribution in [1.29, 1.82) is 0 Å². The highest BCUT2D eigenvalue weighted by molar-refractivity contribution is 6.34. The third-order valence-electron chi connectivity index (χ3n) is 2.83. The first-order chi connectivity index (χ1) is 9.10. The van der Waals surface area contributed by atoms with Crippen molar-refractivity contribution in [2.24, 2.45) is 5.73 Å². The van der Waals surface area contributed by atoms with Crippen LogP contribution in [0.3, 0.4) is 0 Å². The van der Waals surface area contributed by atoms with Crippen molar-refractivity contribution in [3.63, 3.8) is 0 Å². The number of benzene rings is 2. The van der Waals surface area contributed by atoms with Crippen LogP contribution in [0.15, 0.2) is 42.5 Å². The van der Waals surface area contributed by atoms with Gasteiger partial charge in [-0.1, -0.05) is 53.0 Å². The van der Waals surface area contributed by atoms with Gasteiger partial charge in [0, 0.05) is 17.6 Å². The lowest BCUT2D eigenvalue weighted by Gasteiger charge is -2.19. The summed E-state index contributed by atoms with van der Waals surface area (Å²) in [6, 6.07) is 13.2. The number of hydrogen-bond acceptors (Lipinski definition) is 2. The van der Waals surface area contributed by atoms with Crippen molar-refractivity contribution in [2.75, 3.05) is 6.54 Å². The van der Waals surface area contributed by atoms with Gasteiger partial charge in [0.25, 0.3) is 0 Å². The van der Waals surface area contributed by atoms with Crippen LogP contribution in [0.2, 0.25) is 10.0 Å². The maximum Gasteiger partial charge on any atom is 0.140 e. The van der Waals surface area contributed by atoms with Crippen LogP contribution in [0, 0.1) is 6.92 Å². The van der Waals surface area contributed by atoms with Gasteiger partial charge in [-0.25, -0.2) is 0 Å². The van der Waals surface area contributed by atoms with Crippen molar-refractivity contribution in [3.8, 4) is 5.75 Å². The topological polar surface area (TPSA) is 35.2 Å². The van der Waals surface area contributed by atoms with E-state index in [9.17, 15) is 0 Å². The minimum absolute atomic E-state index is 0.239. The molecule has 1 unspecified atom stereocenters. The molecule has 0 heterocycles. The van der Waals surface area contributed by atoms with E-state index < -0.39 is 0 Å². The van der Waals surface area contributed by atoms with Crippen molar-refractivity contribution in [1.82, 2.24) is 0 Å². The van der Waals surface area contributed by atoms with Crippen LogP contribution in [0.25, 0.3) is 0 Å². The minimum atomic E-state index is -0.239. The highest BCUT2D eigenvalue weighted by Crippen LogP contribution is 2.31. The zero-order chi connectivity index (χ0) is 13.8. The molecule has 2 N–H and O–H groups in total. The molecule has 0 fully saturated rings. The van der Waals surface area contributed by atoms with Gasteiger partial charge >= 0.3 is 0 Å². The third-order valence-corrected chi connectivity index (χ3v) is 3.37. The number of aryl methyl sites for hydroxylation is 1. The van der Waals surface area contributed by atoms with Crippen LogP contribution in [-0.4, -0.2) is 6.54 Å². The molecule has 2 rings (SSSR count). The Hall–Kier alpha value is -1.22. The fourth-order valence-electron chi connectivity index (χ4n) is 1.75. The SMILES string of the molecule is Cc1ccc(C(CN)Oc2cc(Cl)ccc2Cl)cc1. The summed E-state index contributed by atoms with van der Waals surface area (Å²) in [6.45, 7) is 2.40. The van der Waals surface area contributed by atoms with Crippen molar-refractivity contribution >= 4 is 23.2 Å². The smallest absolute Gasteiger partial charge is 0.140 e. The first-order valence-corrected chi connectivity index (χ1v) is 6.74. The molecule has 0 aromatic heterocycles. The Balaban J connectivity index is 2.23. The second kappa shape index (κ2) is 6.29. The fourth-order valence-corrected chi connectivity index (χ4v) is 2.08. The molecule has 19 heavy (non-hydrogen) atoms. The summed E-state index contributed by atoms with van der Waals surface area (Å²) in [5.74, 6) is 0.546. The lowest BCUT2D eigenvalue weighted by atomic mass is 10.1. The molecule has 1 atom stereocenters. The molecule has 4 heteroatoms. The molecular weight excluding hydrogens is 281 g/mol. The summed E-state index contributed by atoms with van der Waals surface area (Å²) in [5.41, 5.74) is 7.99. The maximum absolute atomic E-state index is 6.09. The molecule has 2 aromatic carbocycles. The largest absolute Gasteiger partial charge is 0.483 e. The van der Waals surface area contributed by atoms with Crippen LogP contribution < -0.4 is 10.5 Å². The molecule has 2 aromatic rings. The van der Waals surface area contributed by atoms with E-state index in [4.69, 9.17) is 33.7 Å². The number of rotatable bonds is 4. The first-order valence-electron chi connectivity index (χ1n) is 5.98. The van der Waals surface area contributed by atoms with Gasteiger partial charge in [0.2, 0.25) is 0 Å². The van der Waals surface area contributed by atoms with E-state index in [-0.39, 0.29) is 6.10 Å². The van der Waals surface area contributed by atoms with E-state index >= 15 is 0 Å². The summed E-state index contributed by atoms with van der Waals surface area (Å²) in [7, 11) is 0. The monoisotopic (exact) mass is 295 g/mol. The highest BCUT2D eigenvalue weighted by Gasteiger charge is 2.13. The second-order valence-electron chi connectivity index (χ2n) is 4.33. The van der Waals surface area contributed by atoms with Gasteiger partial charge in [0.05, 0.1) is 5.02 Å². The number of hydrogen-bond donors (Lipinski definition) is 1. The Bertz CT molecular complexity index is 555. The molecule has 0 amide bonds. The van der Waals surface area contributed by atoms with E-state index in [0.29, 0.717) is 22.3 Å². The molecule has 0 saturated carbocycles. The molecule has 0 aliphatic rings. The number of nitrogens with two attached hydrogens (primary N) is 1. The predicted molar refractivity (Wildman–Crippen MR) is 80.1 cm³/mol. The van der Waals surface area contributed by atoms with Gasteiger partial charge in [0.1, 0.15) is 11.9 Å².